The molecular formula is C48H90N2O6P+. The van der Waals surface area contributed by atoms with Crippen LogP contribution in [-0.2, 0) is 18.4 Å². The molecule has 0 radical (unpaired) electrons. The summed E-state index contributed by atoms with van der Waals surface area (Å²) < 4.78 is 23.5. The molecule has 0 aliphatic heterocycles. The first-order valence-electron chi connectivity index (χ1n) is 23.2. The molecule has 0 rings (SSSR count). The van der Waals surface area contributed by atoms with Crippen LogP contribution in [0.1, 0.15) is 187 Å². The predicted molar refractivity (Wildman–Crippen MR) is 244 cm³/mol. The topological polar surface area (TPSA) is 105 Å². The molecule has 0 aromatic heterocycles. The Labute approximate surface area is 351 Å². The van der Waals surface area contributed by atoms with Gasteiger partial charge in [-0.1, -0.05) is 164 Å². The van der Waals surface area contributed by atoms with E-state index in [9.17, 15) is 19.4 Å². The zero-order valence-electron chi connectivity index (χ0n) is 37.6. The quantitative estimate of drug-likeness (QED) is 0.0245. The Kier molecular flexibility index (Phi) is 38.4. The van der Waals surface area contributed by atoms with Crippen molar-refractivity contribution < 1.29 is 32.9 Å². The molecule has 0 heterocycles. The highest BCUT2D eigenvalue weighted by molar-refractivity contribution is 7.47. The molecule has 332 valence electrons. The predicted octanol–water partition coefficient (Wildman–Crippen LogP) is 13.0. The van der Waals surface area contributed by atoms with Crippen LogP contribution in [0.3, 0.4) is 0 Å². The smallest absolute Gasteiger partial charge is 0.387 e. The lowest BCUT2D eigenvalue weighted by molar-refractivity contribution is -0.870. The number of quaternary nitrogens is 1. The van der Waals surface area contributed by atoms with Crippen molar-refractivity contribution >= 4 is 13.7 Å². The summed E-state index contributed by atoms with van der Waals surface area (Å²) in [5.41, 5.74) is 0. The molecule has 9 heteroatoms. The van der Waals surface area contributed by atoms with E-state index in [1.807, 2.05) is 27.2 Å². The molecular weight excluding hydrogens is 732 g/mol. The van der Waals surface area contributed by atoms with Crippen LogP contribution in [0.25, 0.3) is 0 Å². The van der Waals surface area contributed by atoms with Gasteiger partial charge in [0, 0.05) is 6.42 Å². The number of hydrogen-bond acceptors (Lipinski definition) is 5. The molecule has 0 aromatic rings. The summed E-state index contributed by atoms with van der Waals surface area (Å²) in [6.45, 7) is 4.74. The fourth-order valence-electron chi connectivity index (χ4n) is 6.22. The van der Waals surface area contributed by atoms with Gasteiger partial charge in [0.15, 0.2) is 0 Å². The number of aliphatic hydroxyl groups is 1. The minimum absolute atomic E-state index is 0.0484. The lowest BCUT2D eigenvalue weighted by Gasteiger charge is -2.25. The number of carbonyl (C=O) groups excluding carboxylic acids is 1. The first-order chi connectivity index (χ1) is 27.5. The van der Waals surface area contributed by atoms with Gasteiger partial charge in [-0.15, -0.1) is 0 Å². The normalized spacial score (nSPS) is 14.9. The molecule has 3 unspecified atom stereocenters. The Hall–Kier alpha value is -1.80. The summed E-state index contributed by atoms with van der Waals surface area (Å²) in [5, 5.41) is 13.8. The molecule has 8 nitrogen and oxygen atoms in total. The Bertz CT molecular complexity index is 1110. The van der Waals surface area contributed by atoms with Gasteiger partial charge in [0.05, 0.1) is 39.9 Å². The van der Waals surface area contributed by atoms with E-state index in [4.69, 9.17) is 9.05 Å². The van der Waals surface area contributed by atoms with Crippen molar-refractivity contribution in [1.82, 2.24) is 5.32 Å². The van der Waals surface area contributed by atoms with Crippen LogP contribution in [0.15, 0.2) is 60.8 Å². The Morgan fingerprint density at radius 2 is 1.02 bits per heavy atom. The van der Waals surface area contributed by atoms with E-state index in [0.29, 0.717) is 17.4 Å². The van der Waals surface area contributed by atoms with Crippen molar-refractivity contribution in [3.05, 3.63) is 60.8 Å². The number of unbranched alkanes of at least 4 members (excludes halogenated alkanes) is 20. The van der Waals surface area contributed by atoms with Crippen LogP contribution < -0.4 is 5.32 Å². The maximum atomic E-state index is 12.9. The van der Waals surface area contributed by atoms with Gasteiger partial charge in [0.25, 0.3) is 0 Å². The van der Waals surface area contributed by atoms with Crippen molar-refractivity contribution in [1.29, 1.82) is 0 Å². The Morgan fingerprint density at radius 1 is 0.596 bits per heavy atom. The van der Waals surface area contributed by atoms with Gasteiger partial charge in [-0.25, -0.2) is 4.57 Å². The summed E-state index contributed by atoms with van der Waals surface area (Å²) in [4.78, 5) is 23.1. The molecule has 0 spiro atoms. The number of amides is 1. The van der Waals surface area contributed by atoms with Gasteiger partial charge in [-0.05, 0) is 77.0 Å². The highest BCUT2D eigenvalue weighted by atomic mass is 31.2. The van der Waals surface area contributed by atoms with Gasteiger partial charge in [-0.3, -0.25) is 13.8 Å². The largest absolute Gasteiger partial charge is 0.472 e. The van der Waals surface area contributed by atoms with Crippen molar-refractivity contribution in [2.75, 3.05) is 40.9 Å². The van der Waals surface area contributed by atoms with Gasteiger partial charge >= 0.3 is 7.82 Å². The van der Waals surface area contributed by atoms with Crippen molar-refractivity contribution in [2.24, 2.45) is 0 Å². The molecule has 0 aliphatic carbocycles. The van der Waals surface area contributed by atoms with Crippen molar-refractivity contribution in [3.63, 3.8) is 0 Å². The van der Waals surface area contributed by atoms with Gasteiger partial charge < -0.3 is 19.8 Å². The summed E-state index contributed by atoms with van der Waals surface area (Å²) in [5.74, 6) is -0.207. The molecule has 3 atom stereocenters. The molecule has 0 fully saturated rings. The van der Waals surface area contributed by atoms with Crippen LogP contribution >= 0.6 is 7.82 Å². The zero-order chi connectivity index (χ0) is 42.1. The van der Waals surface area contributed by atoms with Gasteiger partial charge in [0.1, 0.15) is 13.2 Å². The number of phosphoric ester groups is 1. The average Bonchev–Trinajstić information content (AvgIpc) is 3.16. The van der Waals surface area contributed by atoms with Crippen LogP contribution in [0.4, 0.5) is 0 Å². The second kappa shape index (κ2) is 39.6. The molecule has 57 heavy (non-hydrogen) atoms. The summed E-state index contributed by atoms with van der Waals surface area (Å²) >= 11 is 0. The lowest BCUT2D eigenvalue weighted by Crippen LogP contribution is -2.45. The number of aliphatic hydroxyl groups excluding tert-OH is 1. The highest BCUT2D eigenvalue weighted by Crippen LogP contribution is 2.43. The Balaban J connectivity index is 4.52. The molecule has 3 N–H and O–H groups in total. The van der Waals surface area contributed by atoms with Crippen LogP contribution in [0.5, 0.6) is 0 Å². The van der Waals surface area contributed by atoms with Crippen LogP contribution in [0, 0.1) is 0 Å². The number of phosphoric acid groups is 1. The van der Waals surface area contributed by atoms with E-state index in [0.717, 1.165) is 70.6 Å². The Morgan fingerprint density at radius 3 is 1.53 bits per heavy atom. The SMILES string of the molecule is CCCCCC/C=C\C/C=C\CCCCCCCC(=O)NC(COP(=O)(O)OCC[N+](C)(C)C)C(O)/C=C/CC/C=C/CC/C=C/CCCCCCCCCCC. The maximum Gasteiger partial charge on any atom is 0.472 e. The fourth-order valence-corrected chi connectivity index (χ4v) is 6.95. The molecule has 0 aliphatic rings. The number of nitrogens with zero attached hydrogens (tertiary/aromatic N) is 1. The van der Waals surface area contributed by atoms with E-state index in [2.05, 4.69) is 67.8 Å². The lowest BCUT2D eigenvalue weighted by atomic mass is 10.1. The monoisotopic (exact) mass is 822 g/mol. The number of carbonyl (C=O) groups is 1. The summed E-state index contributed by atoms with van der Waals surface area (Å²) in [7, 11) is 1.53. The van der Waals surface area contributed by atoms with E-state index in [-0.39, 0.29) is 19.1 Å². The number of likely N-dealkylation sites (N-methyl/N-ethyl adjacent to an activating group) is 1. The fraction of sp³-hybridized carbons (Fsp3) is 0.771. The van der Waals surface area contributed by atoms with Gasteiger partial charge in [-0.2, -0.15) is 0 Å². The van der Waals surface area contributed by atoms with E-state index < -0.39 is 20.0 Å². The first kappa shape index (κ1) is 55.2. The third-order valence-corrected chi connectivity index (χ3v) is 10.9. The number of hydrogen-bond donors (Lipinski definition) is 3. The second-order valence-electron chi connectivity index (χ2n) is 16.8. The molecule has 1 amide bonds. The van der Waals surface area contributed by atoms with E-state index >= 15 is 0 Å². The van der Waals surface area contributed by atoms with E-state index in [1.165, 1.54) is 96.3 Å². The average molecular weight is 822 g/mol. The summed E-state index contributed by atoms with van der Waals surface area (Å²) in [6, 6.07) is -0.878. The second-order valence-corrected chi connectivity index (χ2v) is 18.2. The first-order valence-corrected chi connectivity index (χ1v) is 24.7. The summed E-state index contributed by atoms with van der Waals surface area (Å²) in [6.07, 6.45) is 51.5. The minimum atomic E-state index is -4.36. The molecule has 0 saturated carbocycles. The standard InChI is InChI=1S/C48H89N2O6P/c1-6-8-10-12-14-16-18-20-22-24-25-26-27-29-31-33-35-37-39-41-47(51)46(45-56-57(53,54)55-44-43-50(3,4)5)49-48(52)42-40-38-36-34-32-30-28-23-21-19-17-15-13-11-9-7-2/h17,19,23,25-26,28,31,33,39,41,46-47,51H,6-16,18,20-22,24,27,29-30,32,34-38,40,42-45H2,1-5H3,(H-,49,52,53,54)/p+1/b19-17-,26-25+,28-23-,33-31+,41-39+. The number of rotatable bonds is 41. The van der Waals surface area contributed by atoms with Crippen molar-refractivity contribution in [2.45, 2.75) is 199 Å². The van der Waals surface area contributed by atoms with Crippen LogP contribution in [0.2, 0.25) is 0 Å². The van der Waals surface area contributed by atoms with Crippen LogP contribution in [-0.4, -0.2) is 73.4 Å². The molecule has 0 bridgehead atoms. The van der Waals surface area contributed by atoms with E-state index in [1.54, 1.807) is 6.08 Å². The third kappa shape index (κ3) is 42.1. The highest BCUT2D eigenvalue weighted by Gasteiger charge is 2.27. The maximum absolute atomic E-state index is 12.9. The zero-order valence-corrected chi connectivity index (χ0v) is 38.5. The minimum Gasteiger partial charge on any atom is -0.387 e. The molecule has 0 aromatic carbocycles. The van der Waals surface area contributed by atoms with Crippen molar-refractivity contribution in [3.8, 4) is 0 Å². The number of nitrogens with one attached hydrogen (secondary N) is 1. The number of allylic oxidation sites excluding steroid dienone is 9. The third-order valence-electron chi connectivity index (χ3n) is 9.94. The van der Waals surface area contributed by atoms with Gasteiger partial charge in [0.2, 0.25) is 5.91 Å². The molecule has 0 saturated heterocycles.